The second kappa shape index (κ2) is 4.58. The molecule has 1 fully saturated rings. The predicted octanol–water partition coefficient (Wildman–Crippen LogP) is 3.50. The minimum atomic E-state index is 0.283. The van der Waals surface area contributed by atoms with Gasteiger partial charge in [-0.15, -0.1) is 0 Å². The highest BCUT2D eigenvalue weighted by atomic mass is 35.5. The topological polar surface area (TPSA) is 34.9 Å². The van der Waals surface area contributed by atoms with Crippen LogP contribution in [0, 0.1) is 0 Å². The smallest absolute Gasteiger partial charge is 0.135 e. The Bertz CT molecular complexity index is 574. The summed E-state index contributed by atoms with van der Waals surface area (Å²) in [6.45, 7) is 0. The Hall–Kier alpha value is -1.61. The Morgan fingerprint density at radius 1 is 1.28 bits per heavy atom. The highest BCUT2D eigenvalue weighted by Gasteiger charge is 2.23. The van der Waals surface area contributed by atoms with Gasteiger partial charge in [0.25, 0.3) is 0 Å². The number of carbonyl (C=O) groups excluding carboxylic acids is 1. The molecule has 0 amide bonds. The van der Waals surface area contributed by atoms with E-state index < -0.39 is 0 Å². The molecule has 4 heteroatoms. The molecule has 0 spiro atoms. The Morgan fingerprint density at radius 2 is 2.06 bits per heavy atom. The first kappa shape index (κ1) is 11.5. The molecular formula is C14H13ClN2O. The number of hydrogen-bond donors (Lipinski definition) is 0. The molecule has 1 aromatic carbocycles. The summed E-state index contributed by atoms with van der Waals surface area (Å²) in [6.07, 6.45) is 6.07. The molecular weight excluding hydrogens is 248 g/mol. The van der Waals surface area contributed by atoms with Gasteiger partial charge in [0, 0.05) is 35.7 Å². The third-order valence-corrected chi connectivity index (χ3v) is 3.63. The Balaban J connectivity index is 1.85. The first-order valence-electron chi connectivity index (χ1n) is 6.03. The van der Waals surface area contributed by atoms with Crippen LogP contribution in [0.3, 0.4) is 0 Å². The molecule has 1 saturated carbocycles. The average molecular weight is 261 g/mol. The van der Waals surface area contributed by atoms with Gasteiger partial charge in [-0.05, 0) is 18.6 Å². The summed E-state index contributed by atoms with van der Waals surface area (Å²) in [4.78, 5) is 15.7. The lowest BCUT2D eigenvalue weighted by Crippen LogP contribution is -2.02. The quantitative estimate of drug-likeness (QED) is 0.828. The van der Waals surface area contributed by atoms with Crippen LogP contribution in [0.5, 0.6) is 0 Å². The summed E-state index contributed by atoms with van der Waals surface area (Å²) in [5, 5.41) is 0.722. The van der Waals surface area contributed by atoms with Crippen LogP contribution in [0.4, 0.5) is 0 Å². The summed E-state index contributed by atoms with van der Waals surface area (Å²) in [5.41, 5.74) is 1.97. The zero-order chi connectivity index (χ0) is 12.5. The molecule has 0 bridgehead atoms. The largest absolute Gasteiger partial charge is 0.333 e. The van der Waals surface area contributed by atoms with Gasteiger partial charge in [0.05, 0.1) is 12.0 Å². The number of ketones is 1. The second-order valence-corrected chi connectivity index (χ2v) is 5.08. The zero-order valence-corrected chi connectivity index (χ0v) is 10.6. The van der Waals surface area contributed by atoms with E-state index in [0.29, 0.717) is 18.6 Å². The van der Waals surface area contributed by atoms with Crippen LogP contribution in [0.1, 0.15) is 25.3 Å². The molecule has 1 unspecified atom stereocenters. The van der Waals surface area contributed by atoms with Crippen LogP contribution in [0.25, 0.3) is 11.3 Å². The molecule has 92 valence electrons. The molecule has 1 heterocycles. The number of imidazole rings is 1. The van der Waals surface area contributed by atoms with E-state index in [-0.39, 0.29) is 6.04 Å². The monoisotopic (exact) mass is 260 g/mol. The van der Waals surface area contributed by atoms with E-state index in [1.165, 1.54) is 0 Å². The Kier molecular flexibility index (Phi) is 2.92. The third-order valence-electron chi connectivity index (χ3n) is 3.38. The molecule has 0 radical (unpaired) electrons. The summed E-state index contributed by atoms with van der Waals surface area (Å²) in [7, 11) is 0. The number of rotatable bonds is 2. The molecule has 3 nitrogen and oxygen atoms in total. The maximum Gasteiger partial charge on any atom is 0.135 e. The first-order valence-corrected chi connectivity index (χ1v) is 6.41. The molecule has 2 aromatic rings. The van der Waals surface area contributed by atoms with Gasteiger partial charge in [-0.1, -0.05) is 23.7 Å². The Morgan fingerprint density at radius 3 is 2.72 bits per heavy atom. The number of benzene rings is 1. The van der Waals surface area contributed by atoms with E-state index in [2.05, 4.69) is 9.55 Å². The van der Waals surface area contributed by atoms with E-state index in [1.807, 2.05) is 36.8 Å². The fraction of sp³-hybridized carbons (Fsp3) is 0.286. The number of Topliss-reactive ketones (excluding diaryl/α,β-unsaturated/α-hetero) is 1. The van der Waals surface area contributed by atoms with Crippen molar-refractivity contribution in [3.05, 3.63) is 41.8 Å². The van der Waals surface area contributed by atoms with Crippen molar-refractivity contribution in [1.29, 1.82) is 0 Å². The molecule has 1 atom stereocenters. The predicted molar refractivity (Wildman–Crippen MR) is 70.6 cm³/mol. The van der Waals surface area contributed by atoms with Gasteiger partial charge in [0.1, 0.15) is 5.78 Å². The van der Waals surface area contributed by atoms with E-state index in [0.717, 1.165) is 22.7 Å². The van der Waals surface area contributed by atoms with Crippen LogP contribution in [-0.4, -0.2) is 15.3 Å². The van der Waals surface area contributed by atoms with Crippen molar-refractivity contribution in [2.75, 3.05) is 0 Å². The summed E-state index contributed by atoms with van der Waals surface area (Å²) < 4.78 is 2.05. The van der Waals surface area contributed by atoms with Crippen LogP contribution in [-0.2, 0) is 4.79 Å². The zero-order valence-electron chi connectivity index (χ0n) is 9.84. The van der Waals surface area contributed by atoms with Crippen molar-refractivity contribution < 1.29 is 4.79 Å². The standard InChI is InChI=1S/C14H13ClN2O/c15-11-3-1-10(2-4-11)14-8-17(9-16-14)12-5-6-13(18)7-12/h1-4,8-9,12H,5-7H2. The average Bonchev–Trinajstić information content (AvgIpc) is 2.98. The molecule has 1 aliphatic rings. The van der Waals surface area contributed by atoms with E-state index in [9.17, 15) is 4.79 Å². The van der Waals surface area contributed by atoms with E-state index >= 15 is 0 Å². The minimum absolute atomic E-state index is 0.283. The first-order chi connectivity index (χ1) is 8.72. The lowest BCUT2D eigenvalue weighted by Gasteiger charge is -2.08. The summed E-state index contributed by atoms with van der Waals surface area (Å²) in [6, 6.07) is 7.90. The SMILES string of the molecule is O=C1CCC(n2cnc(-c3ccc(Cl)cc3)c2)C1. The van der Waals surface area contributed by atoms with Gasteiger partial charge >= 0.3 is 0 Å². The van der Waals surface area contributed by atoms with Gasteiger partial charge in [-0.2, -0.15) is 0 Å². The van der Waals surface area contributed by atoms with Crippen LogP contribution in [0.15, 0.2) is 36.8 Å². The number of aromatic nitrogens is 2. The van der Waals surface area contributed by atoms with Crippen molar-refractivity contribution in [3.8, 4) is 11.3 Å². The number of hydrogen-bond acceptors (Lipinski definition) is 2. The summed E-state index contributed by atoms with van der Waals surface area (Å²) >= 11 is 5.86. The molecule has 0 N–H and O–H groups in total. The highest BCUT2D eigenvalue weighted by Crippen LogP contribution is 2.28. The van der Waals surface area contributed by atoms with Gasteiger partial charge in [0.15, 0.2) is 0 Å². The van der Waals surface area contributed by atoms with Gasteiger partial charge in [-0.25, -0.2) is 4.98 Å². The van der Waals surface area contributed by atoms with Gasteiger partial charge < -0.3 is 4.57 Å². The fourth-order valence-corrected chi connectivity index (χ4v) is 2.48. The van der Waals surface area contributed by atoms with Crippen LogP contribution in [0.2, 0.25) is 5.02 Å². The van der Waals surface area contributed by atoms with Gasteiger partial charge in [0.2, 0.25) is 0 Å². The molecule has 0 aliphatic heterocycles. The van der Waals surface area contributed by atoms with Crippen molar-refractivity contribution in [2.24, 2.45) is 0 Å². The molecule has 3 rings (SSSR count). The highest BCUT2D eigenvalue weighted by molar-refractivity contribution is 6.30. The van der Waals surface area contributed by atoms with Crippen molar-refractivity contribution in [3.63, 3.8) is 0 Å². The second-order valence-electron chi connectivity index (χ2n) is 4.65. The number of halogens is 1. The maximum atomic E-state index is 11.3. The van der Waals surface area contributed by atoms with Crippen molar-refractivity contribution >= 4 is 17.4 Å². The van der Waals surface area contributed by atoms with Crippen LogP contribution < -0.4 is 0 Å². The molecule has 18 heavy (non-hydrogen) atoms. The Labute approximate surface area is 110 Å². The van der Waals surface area contributed by atoms with Crippen molar-refractivity contribution in [1.82, 2.24) is 9.55 Å². The molecule has 1 aliphatic carbocycles. The van der Waals surface area contributed by atoms with Crippen LogP contribution >= 0.6 is 11.6 Å². The van der Waals surface area contributed by atoms with E-state index in [1.54, 1.807) is 0 Å². The molecule has 0 saturated heterocycles. The number of nitrogens with zero attached hydrogens (tertiary/aromatic N) is 2. The maximum absolute atomic E-state index is 11.3. The fourth-order valence-electron chi connectivity index (χ4n) is 2.36. The lowest BCUT2D eigenvalue weighted by atomic mass is 10.2. The number of carbonyl (C=O) groups is 1. The minimum Gasteiger partial charge on any atom is -0.333 e. The van der Waals surface area contributed by atoms with E-state index in [4.69, 9.17) is 11.6 Å². The summed E-state index contributed by atoms with van der Waals surface area (Å²) in [5.74, 6) is 0.349. The lowest BCUT2D eigenvalue weighted by molar-refractivity contribution is -0.117. The molecule has 1 aromatic heterocycles. The third kappa shape index (κ3) is 2.18. The van der Waals surface area contributed by atoms with Crippen molar-refractivity contribution in [2.45, 2.75) is 25.3 Å². The normalized spacial score (nSPS) is 19.4. The van der Waals surface area contributed by atoms with Gasteiger partial charge in [-0.3, -0.25) is 4.79 Å².